The lowest BCUT2D eigenvalue weighted by Crippen LogP contribution is -2.25. The summed E-state index contributed by atoms with van der Waals surface area (Å²) in [6, 6.07) is 15.5. The van der Waals surface area contributed by atoms with Crippen molar-refractivity contribution < 1.29 is 14.3 Å². The number of carbonyl (C=O) groups is 2. The van der Waals surface area contributed by atoms with Crippen LogP contribution in [0.2, 0.25) is 0 Å². The van der Waals surface area contributed by atoms with Crippen molar-refractivity contribution in [1.82, 2.24) is 9.97 Å². The molecule has 0 saturated carbocycles. The van der Waals surface area contributed by atoms with Crippen LogP contribution < -0.4 is 5.56 Å². The quantitative estimate of drug-likeness (QED) is 0.431. The van der Waals surface area contributed by atoms with E-state index < -0.39 is 17.6 Å². The second kappa shape index (κ2) is 6.57. The van der Waals surface area contributed by atoms with Gasteiger partial charge in [-0.3, -0.25) is 9.59 Å². The van der Waals surface area contributed by atoms with Crippen LogP contribution in [0.15, 0.2) is 65.6 Å². The van der Waals surface area contributed by atoms with Crippen LogP contribution in [-0.2, 0) is 4.74 Å². The van der Waals surface area contributed by atoms with Gasteiger partial charge in [0.2, 0.25) is 11.3 Å². The molecule has 2 aromatic carbocycles. The molecule has 0 unspecified atom stereocenters. The Bertz CT molecular complexity index is 1240. The minimum Gasteiger partial charge on any atom is -0.451 e. The molecule has 6 nitrogen and oxygen atoms in total. The molecule has 0 aliphatic rings. The van der Waals surface area contributed by atoms with Gasteiger partial charge in [-0.1, -0.05) is 36.4 Å². The summed E-state index contributed by atoms with van der Waals surface area (Å²) >= 11 is 0. The largest absolute Gasteiger partial charge is 0.451 e. The minimum atomic E-state index is -0.991. The van der Waals surface area contributed by atoms with E-state index in [2.05, 4.69) is 9.97 Å². The number of para-hydroxylation sites is 2. The number of hydrogen-bond donors (Lipinski definition) is 2. The molecule has 6 heteroatoms. The second-order valence-corrected chi connectivity index (χ2v) is 6.25. The van der Waals surface area contributed by atoms with E-state index in [1.165, 1.54) is 13.0 Å². The molecular formula is C21H16N2O4. The van der Waals surface area contributed by atoms with Gasteiger partial charge in [0.05, 0.1) is 5.56 Å². The van der Waals surface area contributed by atoms with Crippen LogP contribution in [0, 0.1) is 0 Å². The number of rotatable bonds is 4. The van der Waals surface area contributed by atoms with Crippen LogP contribution in [0.5, 0.6) is 0 Å². The Morgan fingerprint density at radius 3 is 2.30 bits per heavy atom. The molecule has 1 atom stereocenters. The molecular weight excluding hydrogens is 344 g/mol. The summed E-state index contributed by atoms with van der Waals surface area (Å²) < 4.78 is 5.38. The predicted molar refractivity (Wildman–Crippen MR) is 102 cm³/mol. The molecule has 0 saturated heterocycles. The SMILES string of the molecule is C[C@H](OC(=O)c1cc(=O)[nH]c2ccccc12)C(=O)c1c[nH]c2ccccc12. The Morgan fingerprint density at radius 2 is 1.56 bits per heavy atom. The average molecular weight is 360 g/mol. The Labute approximate surface area is 153 Å². The van der Waals surface area contributed by atoms with Gasteiger partial charge in [0, 0.05) is 39.6 Å². The van der Waals surface area contributed by atoms with Crippen molar-refractivity contribution in [1.29, 1.82) is 0 Å². The summed E-state index contributed by atoms with van der Waals surface area (Å²) in [4.78, 5) is 42.9. The number of fused-ring (bicyclic) bond motifs is 2. The number of hydrogen-bond acceptors (Lipinski definition) is 4. The first-order chi connectivity index (χ1) is 13.0. The standard InChI is InChI=1S/C21H16N2O4/c1-12(20(25)16-11-22-17-8-4-2-7-14(16)17)27-21(26)15-10-19(24)23-18-9-5-3-6-13(15)18/h2-12,22H,1H3,(H,23,24)/t12-/m0/s1. The number of aromatic amines is 2. The highest BCUT2D eigenvalue weighted by Gasteiger charge is 2.24. The molecule has 134 valence electrons. The van der Waals surface area contributed by atoms with Gasteiger partial charge in [-0.05, 0) is 19.1 Å². The fourth-order valence-corrected chi connectivity index (χ4v) is 3.15. The number of aromatic nitrogens is 2. The van der Waals surface area contributed by atoms with Gasteiger partial charge in [-0.15, -0.1) is 0 Å². The highest BCUT2D eigenvalue weighted by molar-refractivity contribution is 6.11. The number of ketones is 1. The molecule has 0 aliphatic carbocycles. The number of esters is 1. The third-order valence-electron chi connectivity index (χ3n) is 4.48. The van der Waals surface area contributed by atoms with Crippen LogP contribution in [0.25, 0.3) is 21.8 Å². The molecule has 0 amide bonds. The number of Topliss-reactive ketones (excluding diaryl/α,β-unsaturated/α-hetero) is 1. The summed E-state index contributed by atoms with van der Waals surface area (Å²) in [5, 5.41) is 1.33. The Hall–Kier alpha value is -3.67. The normalized spacial score (nSPS) is 12.2. The zero-order valence-electron chi connectivity index (χ0n) is 14.5. The maximum atomic E-state index is 12.8. The van der Waals surface area contributed by atoms with Gasteiger partial charge >= 0.3 is 5.97 Å². The average Bonchev–Trinajstić information content (AvgIpc) is 3.10. The molecule has 4 aromatic rings. The lowest BCUT2D eigenvalue weighted by Gasteiger charge is -2.13. The zero-order valence-corrected chi connectivity index (χ0v) is 14.5. The van der Waals surface area contributed by atoms with E-state index in [-0.39, 0.29) is 11.3 Å². The molecule has 0 spiro atoms. The summed E-state index contributed by atoms with van der Waals surface area (Å²) in [5.41, 5.74) is 1.55. The lowest BCUT2D eigenvalue weighted by atomic mass is 10.1. The Morgan fingerprint density at radius 1 is 0.926 bits per heavy atom. The van der Waals surface area contributed by atoms with E-state index in [0.717, 1.165) is 10.9 Å². The molecule has 0 bridgehead atoms. The van der Waals surface area contributed by atoms with Crippen LogP contribution >= 0.6 is 0 Å². The summed E-state index contributed by atoms with van der Waals surface area (Å²) in [6.45, 7) is 1.53. The fourth-order valence-electron chi connectivity index (χ4n) is 3.15. The van der Waals surface area contributed by atoms with Gasteiger partial charge in [-0.25, -0.2) is 4.79 Å². The number of ether oxygens (including phenoxy) is 1. The van der Waals surface area contributed by atoms with Gasteiger partial charge in [0.15, 0.2) is 6.10 Å². The van der Waals surface area contributed by atoms with Gasteiger partial charge in [-0.2, -0.15) is 0 Å². The Balaban J connectivity index is 1.63. The number of benzene rings is 2. The predicted octanol–water partition coefficient (Wildman–Crippen LogP) is 3.44. The van der Waals surface area contributed by atoms with Crippen LogP contribution in [0.1, 0.15) is 27.6 Å². The van der Waals surface area contributed by atoms with E-state index in [0.29, 0.717) is 16.5 Å². The van der Waals surface area contributed by atoms with E-state index in [4.69, 9.17) is 4.74 Å². The minimum absolute atomic E-state index is 0.132. The third-order valence-corrected chi connectivity index (χ3v) is 4.48. The van der Waals surface area contributed by atoms with E-state index in [1.54, 1.807) is 30.5 Å². The van der Waals surface area contributed by atoms with Crippen molar-refractivity contribution in [2.75, 3.05) is 0 Å². The molecule has 2 aromatic heterocycles. The first-order valence-electron chi connectivity index (χ1n) is 8.48. The van der Waals surface area contributed by atoms with Crippen molar-refractivity contribution in [2.45, 2.75) is 13.0 Å². The fraction of sp³-hybridized carbons (Fsp3) is 0.0952. The molecule has 0 radical (unpaired) electrons. The molecule has 0 aliphatic heterocycles. The van der Waals surface area contributed by atoms with Gasteiger partial charge < -0.3 is 14.7 Å². The molecule has 27 heavy (non-hydrogen) atoms. The number of nitrogens with one attached hydrogen (secondary N) is 2. The van der Waals surface area contributed by atoms with Crippen molar-refractivity contribution in [3.63, 3.8) is 0 Å². The number of carbonyl (C=O) groups excluding carboxylic acids is 2. The van der Waals surface area contributed by atoms with Crippen LogP contribution in [0.3, 0.4) is 0 Å². The highest BCUT2D eigenvalue weighted by Crippen LogP contribution is 2.21. The number of pyridine rings is 1. The Kier molecular flexibility index (Phi) is 4.08. The number of H-pyrrole nitrogens is 2. The maximum Gasteiger partial charge on any atom is 0.339 e. The first kappa shape index (κ1) is 16.8. The highest BCUT2D eigenvalue weighted by atomic mass is 16.5. The third kappa shape index (κ3) is 3.01. The maximum absolute atomic E-state index is 12.8. The summed E-state index contributed by atoms with van der Waals surface area (Å²) in [5.74, 6) is -1.02. The van der Waals surface area contributed by atoms with Crippen molar-refractivity contribution >= 4 is 33.6 Å². The van der Waals surface area contributed by atoms with Crippen molar-refractivity contribution in [3.05, 3.63) is 82.3 Å². The second-order valence-electron chi connectivity index (χ2n) is 6.25. The van der Waals surface area contributed by atoms with Gasteiger partial charge in [0.25, 0.3) is 0 Å². The van der Waals surface area contributed by atoms with E-state index in [1.807, 2.05) is 24.3 Å². The first-order valence-corrected chi connectivity index (χ1v) is 8.48. The smallest absolute Gasteiger partial charge is 0.339 e. The van der Waals surface area contributed by atoms with Crippen LogP contribution in [0.4, 0.5) is 0 Å². The van der Waals surface area contributed by atoms with E-state index >= 15 is 0 Å². The van der Waals surface area contributed by atoms with E-state index in [9.17, 15) is 14.4 Å². The van der Waals surface area contributed by atoms with Gasteiger partial charge in [0.1, 0.15) is 0 Å². The molecule has 4 rings (SSSR count). The molecule has 2 N–H and O–H groups in total. The van der Waals surface area contributed by atoms with Crippen LogP contribution in [-0.4, -0.2) is 27.8 Å². The summed E-state index contributed by atoms with van der Waals surface area (Å²) in [6.07, 6.45) is 0.620. The molecule has 2 heterocycles. The van der Waals surface area contributed by atoms with Crippen molar-refractivity contribution in [2.24, 2.45) is 0 Å². The topological polar surface area (TPSA) is 92.0 Å². The zero-order chi connectivity index (χ0) is 19.0. The monoisotopic (exact) mass is 360 g/mol. The lowest BCUT2D eigenvalue weighted by molar-refractivity contribution is 0.0321. The van der Waals surface area contributed by atoms with Crippen molar-refractivity contribution in [3.8, 4) is 0 Å². The summed E-state index contributed by atoms with van der Waals surface area (Å²) in [7, 11) is 0. The molecule has 0 fully saturated rings.